The van der Waals surface area contributed by atoms with E-state index in [2.05, 4.69) is 25.7 Å². The van der Waals surface area contributed by atoms with Gasteiger partial charge in [0.15, 0.2) is 6.04 Å². The lowest BCUT2D eigenvalue weighted by Crippen LogP contribution is -2.33. The SMILES string of the molecule is CCC(C(=O)NCc1ccnc(Oc2ccc(F)cc2)c1)n1nnc(-c2ccc(Cl)cc2)n1. The van der Waals surface area contributed by atoms with Crippen molar-refractivity contribution in [3.8, 4) is 23.0 Å². The van der Waals surface area contributed by atoms with Crippen molar-refractivity contribution in [1.82, 2.24) is 30.5 Å². The van der Waals surface area contributed by atoms with Crippen LogP contribution in [0.15, 0.2) is 66.9 Å². The Bertz CT molecular complexity index is 1230. The van der Waals surface area contributed by atoms with Gasteiger partial charge in [-0.05, 0) is 71.8 Å². The molecule has 0 fully saturated rings. The fourth-order valence-electron chi connectivity index (χ4n) is 3.07. The lowest BCUT2D eigenvalue weighted by molar-refractivity contribution is -0.125. The first-order valence-electron chi connectivity index (χ1n) is 10.2. The van der Waals surface area contributed by atoms with Crippen molar-refractivity contribution in [2.75, 3.05) is 0 Å². The molecule has 33 heavy (non-hydrogen) atoms. The normalized spacial score (nSPS) is 11.7. The number of ether oxygens (including phenoxy) is 1. The molecule has 0 aliphatic rings. The van der Waals surface area contributed by atoms with Gasteiger partial charge in [0.2, 0.25) is 17.6 Å². The number of hydrogen-bond acceptors (Lipinski definition) is 6. The van der Waals surface area contributed by atoms with Gasteiger partial charge in [0, 0.05) is 29.4 Å². The Morgan fingerprint density at radius 2 is 1.91 bits per heavy atom. The van der Waals surface area contributed by atoms with E-state index in [1.54, 1.807) is 42.6 Å². The van der Waals surface area contributed by atoms with Crippen molar-refractivity contribution in [1.29, 1.82) is 0 Å². The quantitative estimate of drug-likeness (QED) is 0.408. The minimum atomic E-state index is -0.615. The van der Waals surface area contributed by atoms with Crippen LogP contribution in [0.5, 0.6) is 11.6 Å². The van der Waals surface area contributed by atoms with Crippen LogP contribution in [-0.2, 0) is 11.3 Å². The number of tetrazole rings is 1. The summed E-state index contributed by atoms with van der Waals surface area (Å²) in [6.07, 6.45) is 2.06. The topological polar surface area (TPSA) is 94.8 Å². The Hall–Kier alpha value is -3.85. The molecule has 0 aliphatic carbocycles. The number of carbonyl (C=O) groups is 1. The van der Waals surface area contributed by atoms with Crippen LogP contribution in [0, 0.1) is 5.82 Å². The molecular weight excluding hydrogens is 447 g/mol. The molecule has 2 heterocycles. The fraction of sp³-hybridized carbons (Fsp3) is 0.174. The number of aromatic nitrogens is 5. The molecule has 1 atom stereocenters. The maximum Gasteiger partial charge on any atom is 0.247 e. The van der Waals surface area contributed by atoms with Crippen LogP contribution in [0.1, 0.15) is 24.9 Å². The summed E-state index contributed by atoms with van der Waals surface area (Å²) in [5, 5.41) is 16.0. The summed E-state index contributed by atoms with van der Waals surface area (Å²) in [7, 11) is 0. The standard InChI is InChI=1S/C23H20ClFN6O2/c1-2-20(31-29-22(28-30-31)16-3-5-17(24)6-4-16)23(32)27-14-15-11-12-26-21(13-15)33-19-9-7-18(25)8-10-19/h3-13,20H,2,14H2,1H3,(H,27,32). The Morgan fingerprint density at radius 1 is 1.15 bits per heavy atom. The van der Waals surface area contributed by atoms with Gasteiger partial charge in [-0.15, -0.1) is 10.2 Å². The molecular formula is C23H20ClFN6O2. The third kappa shape index (κ3) is 5.69. The van der Waals surface area contributed by atoms with Crippen molar-refractivity contribution in [3.05, 3.63) is 83.3 Å². The highest BCUT2D eigenvalue weighted by Gasteiger charge is 2.22. The maximum absolute atomic E-state index is 13.1. The molecule has 0 saturated heterocycles. The molecule has 4 rings (SSSR count). The van der Waals surface area contributed by atoms with E-state index in [-0.39, 0.29) is 18.3 Å². The van der Waals surface area contributed by atoms with Crippen molar-refractivity contribution in [3.63, 3.8) is 0 Å². The zero-order valence-electron chi connectivity index (χ0n) is 17.7. The van der Waals surface area contributed by atoms with E-state index in [1.807, 2.05) is 6.92 Å². The number of halogens is 2. The van der Waals surface area contributed by atoms with Crippen LogP contribution in [0.25, 0.3) is 11.4 Å². The van der Waals surface area contributed by atoms with Gasteiger partial charge in [-0.1, -0.05) is 18.5 Å². The Balaban J connectivity index is 1.39. The van der Waals surface area contributed by atoms with Gasteiger partial charge in [0.25, 0.3) is 0 Å². The Kier molecular flexibility index (Phi) is 6.89. The smallest absolute Gasteiger partial charge is 0.247 e. The van der Waals surface area contributed by atoms with E-state index < -0.39 is 6.04 Å². The number of hydrogen-bond donors (Lipinski definition) is 1. The van der Waals surface area contributed by atoms with Crippen molar-refractivity contribution >= 4 is 17.5 Å². The highest BCUT2D eigenvalue weighted by molar-refractivity contribution is 6.30. The average molecular weight is 467 g/mol. The van der Waals surface area contributed by atoms with Gasteiger partial charge in [0.05, 0.1) is 0 Å². The van der Waals surface area contributed by atoms with Crippen LogP contribution in [0.2, 0.25) is 5.02 Å². The van der Waals surface area contributed by atoms with Crippen molar-refractivity contribution in [2.24, 2.45) is 0 Å². The lowest BCUT2D eigenvalue weighted by Gasteiger charge is -2.14. The number of amides is 1. The summed E-state index contributed by atoms with van der Waals surface area (Å²) >= 11 is 5.92. The fourth-order valence-corrected chi connectivity index (χ4v) is 3.20. The molecule has 0 aliphatic heterocycles. The summed E-state index contributed by atoms with van der Waals surface area (Å²) in [5.41, 5.74) is 1.55. The number of rotatable bonds is 8. The highest BCUT2D eigenvalue weighted by atomic mass is 35.5. The highest BCUT2D eigenvalue weighted by Crippen LogP contribution is 2.21. The Morgan fingerprint density at radius 3 is 2.64 bits per heavy atom. The Labute approximate surface area is 194 Å². The van der Waals surface area contributed by atoms with Crippen LogP contribution in [0.3, 0.4) is 0 Å². The number of nitrogens with zero attached hydrogens (tertiary/aromatic N) is 5. The monoisotopic (exact) mass is 466 g/mol. The second-order valence-electron chi connectivity index (χ2n) is 7.14. The van der Waals surface area contributed by atoms with Gasteiger partial charge >= 0.3 is 0 Å². The molecule has 1 unspecified atom stereocenters. The third-order valence-corrected chi connectivity index (χ3v) is 5.05. The van der Waals surface area contributed by atoms with Crippen molar-refractivity contribution < 1.29 is 13.9 Å². The molecule has 4 aromatic rings. The number of carbonyl (C=O) groups excluding carboxylic acids is 1. The predicted octanol–water partition coefficient (Wildman–Crippen LogP) is 4.59. The summed E-state index contributed by atoms with van der Waals surface area (Å²) in [6, 6.07) is 15.6. The zero-order valence-corrected chi connectivity index (χ0v) is 18.4. The number of benzene rings is 2. The van der Waals surface area contributed by atoms with E-state index in [0.717, 1.165) is 11.1 Å². The van der Waals surface area contributed by atoms with E-state index in [1.165, 1.54) is 29.1 Å². The maximum atomic E-state index is 13.1. The summed E-state index contributed by atoms with van der Waals surface area (Å²) in [5.74, 6) is 0.625. The number of nitrogens with one attached hydrogen (secondary N) is 1. The first-order chi connectivity index (χ1) is 16.0. The molecule has 10 heteroatoms. The molecule has 0 radical (unpaired) electrons. The number of pyridine rings is 1. The van der Waals surface area contributed by atoms with Crippen LogP contribution in [0.4, 0.5) is 4.39 Å². The molecule has 0 spiro atoms. The van der Waals surface area contributed by atoms with Crippen LogP contribution >= 0.6 is 11.6 Å². The second-order valence-corrected chi connectivity index (χ2v) is 7.58. The summed E-state index contributed by atoms with van der Waals surface area (Å²) in [6.45, 7) is 2.13. The zero-order chi connectivity index (χ0) is 23.2. The van der Waals surface area contributed by atoms with E-state index in [0.29, 0.717) is 28.9 Å². The van der Waals surface area contributed by atoms with E-state index in [4.69, 9.17) is 16.3 Å². The van der Waals surface area contributed by atoms with Gasteiger partial charge in [0.1, 0.15) is 11.6 Å². The van der Waals surface area contributed by atoms with Gasteiger partial charge in [-0.2, -0.15) is 4.80 Å². The largest absolute Gasteiger partial charge is 0.439 e. The lowest BCUT2D eigenvalue weighted by atomic mass is 10.2. The van der Waals surface area contributed by atoms with Gasteiger partial charge in [-0.3, -0.25) is 4.79 Å². The van der Waals surface area contributed by atoms with E-state index in [9.17, 15) is 9.18 Å². The molecule has 8 nitrogen and oxygen atoms in total. The molecule has 1 N–H and O–H groups in total. The first-order valence-corrected chi connectivity index (χ1v) is 10.6. The molecule has 2 aromatic heterocycles. The minimum absolute atomic E-state index is 0.240. The predicted molar refractivity (Wildman–Crippen MR) is 120 cm³/mol. The summed E-state index contributed by atoms with van der Waals surface area (Å²) in [4.78, 5) is 18.3. The summed E-state index contributed by atoms with van der Waals surface area (Å²) < 4.78 is 18.7. The molecule has 168 valence electrons. The molecule has 2 aromatic carbocycles. The second kappa shape index (κ2) is 10.2. The average Bonchev–Trinajstić information content (AvgIpc) is 3.30. The molecule has 0 bridgehead atoms. The van der Waals surface area contributed by atoms with Crippen molar-refractivity contribution in [2.45, 2.75) is 25.9 Å². The minimum Gasteiger partial charge on any atom is -0.439 e. The van der Waals surface area contributed by atoms with Gasteiger partial charge in [-0.25, -0.2) is 9.37 Å². The van der Waals surface area contributed by atoms with Crippen LogP contribution in [-0.4, -0.2) is 31.1 Å². The first kappa shape index (κ1) is 22.3. The third-order valence-electron chi connectivity index (χ3n) is 4.80. The van der Waals surface area contributed by atoms with Gasteiger partial charge < -0.3 is 10.1 Å². The van der Waals surface area contributed by atoms with E-state index >= 15 is 0 Å². The van der Waals surface area contributed by atoms with Crippen LogP contribution < -0.4 is 10.1 Å². The molecule has 1 amide bonds. The molecule has 0 saturated carbocycles.